The van der Waals surface area contributed by atoms with E-state index < -0.39 is 22.7 Å². The minimum atomic E-state index is -3.46. The molecule has 1 atom stereocenters. The Kier molecular flexibility index (Phi) is 8.64. The normalized spacial score (nSPS) is 12.9. The van der Waals surface area contributed by atoms with Crippen LogP contribution in [0.1, 0.15) is 25.5 Å². The second-order valence-corrected chi connectivity index (χ2v) is 9.85. The van der Waals surface area contributed by atoms with Crippen molar-refractivity contribution in [3.05, 3.63) is 48.0 Å². The number of hydrogen-bond donors (Lipinski definition) is 4. The number of aromatic amines is 1. The van der Waals surface area contributed by atoms with E-state index in [0.717, 1.165) is 0 Å². The number of alkyl halides is 2. The molecule has 34 heavy (non-hydrogen) atoms. The molecule has 0 fully saturated rings. The Morgan fingerprint density at radius 2 is 1.97 bits per heavy atom. The van der Waals surface area contributed by atoms with E-state index in [1.807, 2.05) is 13.8 Å². The molecule has 0 radical (unpaired) electrons. The average Bonchev–Trinajstić information content (AvgIpc) is 3.13. The van der Waals surface area contributed by atoms with Gasteiger partial charge in [0.05, 0.1) is 22.8 Å². The van der Waals surface area contributed by atoms with Crippen molar-refractivity contribution in [1.82, 2.24) is 15.5 Å². The summed E-state index contributed by atoms with van der Waals surface area (Å²) in [5.41, 5.74) is 1.47. The molecule has 1 heterocycles. The number of aromatic nitrogens is 2. The number of aliphatic hydroxyl groups is 1. The number of ether oxygens (including phenoxy) is 2. The zero-order valence-electron chi connectivity index (χ0n) is 18.8. The molecule has 0 aliphatic rings. The number of fused-ring (bicyclic) bond motifs is 1. The largest absolute Gasteiger partial charge is 0.492 e. The van der Waals surface area contributed by atoms with Gasteiger partial charge in [0.15, 0.2) is 0 Å². The van der Waals surface area contributed by atoms with Crippen LogP contribution in [0, 0.1) is 5.92 Å². The fourth-order valence-electron chi connectivity index (χ4n) is 3.30. The third-order valence-corrected chi connectivity index (χ3v) is 6.34. The number of sulfonamides is 1. The highest BCUT2D eigenvalue weighted by atomic mass is 32.2. The van der Waals surface area contributed by atoms with Gasteiger partial charge < -0.3 is 19.9 Å². The smallest absolute Gasteiger partial charge is 0.388 e. The van der Waals surface area contributed by atoms with Gasteiger partial charge in [0.1, 0.15) is 12.4 Å². The predicted molar refractivity (Wildman–Crippen MR) is 125 cm³/mol. The lowest BCUT2D eigenvalue weighted by Gasteiger charge is -2.15. The number of nitrogens with one attached hydrogen (secondary N) is 3. The maximum atomic E-state index is 12.4. The third kappa shape index (κ3) is 7.54. The van der Waals surface area contributed by atoms with Gasteiger partial charge in [0.25, 0.3) is 0 Å². The van der Waals surface area contributed by atoms with Crippen molar-refractivity contribution in [3.8, 4) is 11.6 Å². The zero-order chi connectivity index (χ0) is 24.7. The average molecular weight is 499 g/mol. The van der Waals surface area contributed by atoms with Gasteiger partial charge in [0, 0.05) is 24.8 Å². The van der Waals surface area contributed by atoms with Crippen LogP contribution in [-0.4, -0.2) is 55.8 Å². The number of rotatable bonds is 13. The lowest BCUT2D eigenvalue weighted by Crippen LogP contribution is -2.26. The van der Waals surface area contributed by atoms with Gasteiger partial charge >= 0.3 is 6.61 Å². The van der Waals surface area contributed by atoms with Crippen molar-refractivity contribution in [3.63, 3.8) is 0 Å². The van der Waals surface area contributed by atoms with E-state index in [2.05, 4.69) is 25.0 Å². The monoisotopic (exact) mass is 498 g/mol. The first-order chi connectivity index (χ1) is 16.1. The number of benzene rings is 2. The third-order valence-electron chi connectivity index (χ3n) is 4.68. The van der Waals surface area contributed by atoms with Crippen LogP contribution in [0.3, 0.4) is 0 Å². The molecular weight excluding hydrogens is 470 g/mol. The van der Waals surface area contributed by atoms with E-state index in [9.17, 15) is 22.3 Å². The van der Waals surface area contributed by atoms with E-state index >= 15 is 0 Å². The molecule has 0 aliphatic carbocycles. The molecule has 1 aromatic heterocycles. The second kappa shape index (κ2) is 11.4. The summed E-state index contributed by atoms with van der Waals surface area (Å²) in [4.78, 5) is 0. The SMILES string of the molecule is CC(C)CS(=O)(=O)Nc1cccc([C@@H](O)CNCCOc2ccc3c(OC(F)F)n[nH]c3c2)c1. The number of hydrogen-bond acceptors (Lipinski definition) is 7. The highest BCUT2D eigenvalue weighted by Gasteiger charge is 2.15. The molecule has 0 bridgehead atoms. The van der Waals surface area contributed by atoms with E-state index in [1.165, 1.54) is 0 Å². The van der Waals surface area contributed by atoms with Gasteiger partial charge in [-0.05, 0) is 35.7 Å². The van der Waals surface area contributed by atoms with Gasteiger partial charge in [0.2, 0.25) is 15.9 Å². The summed E-state index contributed by atoms with van der Waals surface area (Å²) in [6.45, 7) is 1.65. The van der Waals surface area contributed by atoms with Crippen LogP contribution in [-0.2, 0) is 10.0 Å². The van der Waals surface area contributed by atoms with Crippen LogP contribution < -0.4 is 19.5 Å². The summed E-state index contributed by atoms with van der Waals surface area (Å²) in [6, 6.07) is 11.5. The highest BCUT2D eigenvalue weighted by Crippen LogP contribution is 2.27. The summed E-state index contributed by atoms with van der Waals surface area (Å²) in [5, 5.41) is 20.3. The van der Waals surface area contributed by atoms with Gasteiger partial charge in [-0.1, -0.05) is 26.0 Å². The molecule has 9 nitrogen and oxygen atoms in total. The summed E-state index contributed by atoms with van der Waals surface area (Å²) >= 11 is 0. The Balaban J connectivity index is 1.45. The quantitative estimate of drug-likeness (QED) is 0.267. The summed E-state index contributed by atoms with van der Waals surface area (Å²) in [5.74, 6) is 0.350. The van der Waals surface area contributed by atoms with Gasteiger partial charge in [-0.3, -0.25) is 9.82 Å². The molecule has 186 valence electrons. The highest BCUT2D eigenvalue weighted by molar-refractivity contribution is 7.92. The van der Waals surface area contributed by atoms with Crippen LogP contribution in [0.2, 0.25) is 0 Å². The van der Waals surface area contributed by atoms with E-state index in [0.29, 0.717) is 41.1 Å². The molecule has 0 amide bonds. The minimum Gasteiger partial charge on any atom is -0.492 e. The Bertz CT molecular complexity index is 1190. The topological polar surface area (TPSA) is 126 Å². The fraction of sp³-hybridized carbons (Fsp3) is 0.409. The molecular formula is C22H28F2N4O5S. The number of halogens is 2. The Morgan fingerprint density at radius 3 is 2.71 bits per heavy atom. The molecule has 0 spiro atoms. The van der Waals surface area contributed by atoms with Crippen LogP contribution in [0.5, 0.6) is 11.6 Å². The van der Waals surface area contributed by atoms with E-state index in [4.69, 9.17) is 4.74 Å². The van der Waals surface area contributed by atoms with Crippen molar-refractivity contribution in [2.75, 3.05) is 30.2 Å². The van der Waals surface area contributed by atoms with Crippen molar-refractivity contribution in [2.24, 2.45) is 5.92 Å². The van der Waals surface area contributed by atoms with Crippen LogP contribution in [0.25, 0.3) is 10.9 Å². The maximum Gasteiger partial charge on any atom is 0.388 e. The van der Waals surface area contributed by atoms with Crippen LogP contribution >= 0.6 is 0 Å². The molecule has 2 aromatic carbocycles. The Hall–Kier alpha value is -2.96. The van der Waals surface area contributed by atoms with Gasteiger partial charge in [-0.25, -0.2) is 8.42 Å². The van der Waals surface area contributed by atoms with Gasteiger partial charge in [-0.2, -0.15) is 8.78 Å². The summed E-state index contributed by atoms with van der Waals surface area (Å²) in [6.07, 6.45) is -0.843. The Labute approximate surface area is 196 Å². The van der Waals surface area contributed by atoms with Crippen molar-refractivity contribution in [1.29, 1.82) is 0 Å². The lowest BCUT2D eigenvalue weighted by atomic mass is 10.1. The maximum absolute atomic E-state index is 12.4. The zero-order valence-corrected chi connectivity index (χ0v) is 19.6. The molecule has 0 saturated heterocycles. The molecule has 4 N–H and O–H groups in total. The summed E-state index contributed by atoms with van der Waals surface area (Å²) in [7, 11) is -3.46. The molecule has 0 unspecified atom stereocenters. The first-order valence-corrected chi connectivity index (χ1v) is 12.3. The van der Waals surface area contributed by atoms with Gasteiger partial charge in [-0.15, -0.1) is 5.10 Å². The fourth-order valence-corrected chi connectivity index (χ4v) is 4.75. The molecule has 12 heteroatoms. The standard InChI is InChI=1S/C22H28F2N4O5S/c1-14(2)13-34(30,31)28-16-5-3-4-15(10-16)20(29)12-25-8-9-32-17-6-7-18-19(11-17)26-27-21(18)33-22(23)24/h3-7,10-11,14,20,22,25,28-29H,8-9,12-13H2,1-2H3,(H,26,27)/t20-/m0/s1. The summed E-state index contributed by atoms with van der Waals surface area (Å²) < 4.78 is 61.5. The first kappa shape index (κ1) is 25.7. The number of anilines is 1. The van der Waals surface area contributed by atoms with Crippen LogP contribution in [0.15, 0.2) is 42.5 Å². The number of aliphatic hydroxyl groups excluding tert-OH is 1. The first-order valence-electron chi connectivity index (χ1n) is 10.7. The predicted octanol–water partition coefficient (Wildman–Crippen LogP) is 3.26. The minimum absolute atomic E-state index is 0.00364. The molecule has 0 aliphatic heterocycles. The molecule has 3 rings (SSSR count). The van der Waals surface area contributed by atoms with Crippen LogP contribution in [0.4, 0.5) is 14.5 Å². The van der Waals surface area contributed by atoms with Crippen molar-refractivity contribution in [2.45, 2.75) is 26.6 Å². The van der Waals surface area contributed by atoms with E-state index in [1.54, 1.807) is 42.5 Å². The van der Waals surface area contributed by atoms with E-state index in [-0.39, 0.29) is 24.1 Å². The number of H-pyrrole nitrogens is 1. The molecule has 3 aromatic rings. The Morgan fingerprint density at radius 1 is 1.18 bits per heavy atom. The van der Waals surface area contributed by atoms with Crippen molar-refractivity contribution >= 4 is 26.6 Å². The molecule has 0 saturated carbocycles. The second-order valence-electron chi connectivity index (χ2n) is 8.09. The lowest BCUT2D eigenvalue weighted by molar-refractivity contribution is -0.0518. The van der Waals surface area contributed by atoms with Crippen molar-refractivity contribution < 1.29 is 31.8 Å². The number of nitrogens with zero attached hydrogens (tertiary/aromatic N) is 1.